The maximum Gasteiger partial charge on any atom is 0.335 e. The monoisotopic (exact) mass is 448 g/mol. The molecule has 0 aliphatic carbocycles. The third-order valence-electron chi connectivity index (χ3n) is 5.13. The van der Waals surface area contributed by atoms with Crippen molar-refractivity contribution >= 4 is 5.97 Å². The van der Waals surface area contributed by atoms with Crippen LogP contribution in [0.4, 0.5) is 0 Å². The number of carboxylic acids is 1. The zero-order valence-corrected chi connectivity index (χ0v) is 18.8. The van der Waals surface area contributed by atoms with Crippen LogP contribution in [0.1, 0.15) is 66.9 Å². The van der Waals surface area contributed by atoms with Gasteiger partial charge in [-0.05, 0) is 55.3 Å². The summed E-state index contributed by atoms with van der Waals surface area (Å²) in [6.07, 6.45) is 0.178. The molecule has 0 aliphatic rings. The summed E-state index contributed by atoms with van der Waals surface area (Å²) in [4.78, 5) is 20.1. The molecule has 9 nitrogen and oxygen atoms in total. The van der Waals surface area contributed by atoms with Crippen LogP contribution >= 0.6 is 0 Å². The van der Waals surface area contributed by atoms with Crippen molar-refractivity contribution in [1.29, 1.82) is 0 Å². The number of hydrogen-bond donors (Lipinski definition) is 1. The number of benzene rings is 2. The van der Waals surface area contributed by atoms with Crippen LogP contribution in [0.25, 0.3) is 22.8 Å². The van der Waals surface area contributed by atoms with Crippen molar-refractivity contribution in [3.05, 3.63) is 65.4 Å². The van der Waals surface area contributed by atoms with Gasteiger partial charge < -0.3 is 18.9 Å². The van der Waals surface area contributed by atoms with E-state index >= 15 is 0 Å². The summed E-state index contributed by atoms with van der Waals surface area (Å²) in [5, 5.41) is 17.3. The zero-order valence-electron chi connectivity index (χ0n) is 18.8. The predicted molar refractivity (Wildman–Crippen MR) is 119 cm³/mol. The summed E-state index contributed by atoms with van der Waals surface area (Å²) >= 11 is 0. The summed E-state index contributed by atoms with van der Waals surface area (Å²) in [6.45, 7) is 7.68. The highest BCUT2D eigenvalue weighted by Gasteiger charge is 2.21. The Labute approximate surface area is 190 Å². The van der Waals surface area contributed by atoms with Gasteiger partial charge in [-0.1, -0.05) is 37.2 Å². The van der Waals surface area contributed by atoms with Crippen molar-refractivity contribution < 1.29 is 23.7 Å². The smallest absolute Gasteiger partial charge is 0.335 e. The maximum absolute atomic E-state index is 11.2. The molecule has 0 spiro atoms. The number of carbonyl (C=O) groups is 1. The number of hydrogen-bond acceptors (Lipinski definition) is 8. The fourth-order valence-corrected chi connectivity index (χ4v) is 3.27. The average molecular weight is 448 g/mol. The van der Waals surface area contributed by atoms with E-state index in [1.54, 1.807) is 19.1 Å². The van der Waals surface area contributed by atoms with Gasteiger partial charge in [-0.3, -0.25) is 0 Å². The predicted octanol–water partition coefficient (Wildman–Crippen LogP) is 5.45. The van der Waals surface area contributed by atoms with E-state index in [9.17, 15) is 9.90 Å². The lowest BCUT2D eigenvalue weighted by Gasteiger charge is -2.13. The third kappa shape index (κ3) is 4.77. The fraction of sp³-hybridized carbons (Fsp3) is 0.292. The number of nitrogens with zero attached hydrogens (tertiary/aromatic N) is 4. The van der Waals surface area contributed by atoms with Crippen LogP contribution in [0.2, 0.25) is 0 Å². The fourth-order valence-electron chi connectivity index (χ4n) is 3.27. The first-order valence-electron chi connectivity index (χ1n) is 10.6. The van der Waals surface area contributed by atoms with Crippen LogP contribution in [0.3, 0.4) is 0 Å². The number of rotatable bonds is 8. The van der Waals surface area contributed by atoms with Crippen LogP contribution in [-0.2, 0) is 0 Å². The molecule has 33 heavy (non-hydrogen) atoms. The molecular formula is C24H24N4O5. The Balaban J connectivity index is 1.49. The summed E-state index contributed by atoms with van der Waals surface area (Å²) in [7, 11) is 0. The van der Waals surface area contributed by atoms with Gasteiger partial charge in [-0.15, -0.1) is 0 Å². The molecule has 0 saturated carbocycles. The Morgan fingerprint density at radius 1 is 0.970 bits per heavy atom. The Hall–Kier alpha value is -4.01. The third-order valence-corrected chi connectivity index (χ3v) is 5.13. The van der Waals surface area contributed by atoms with Gasteiger partial charge in [0.05, 0.1) is 5.56 Å². The van der Waals surface area contributed by atoms with E-state index in [0.717, 1.165) is 5.56 Å². The normalized spacial score (nSPS) is 12.2. The van der Waals surface area contributed by atoms with Gasteiger partial charge >= 0.3 is 5.97 Å². The number of aromatic carboxylic acids is 1. The zero-order chi connectivity index (χ0) is 23.5. The Morgan fingerprint density at radius 2 is 1.58 bits per heavy atom. The van der Waals surface area contributed by atoms with Crippen molar-refractivity contribution in [2.24, 2.45) is 0 Å². The molecule has 0 bridgehead atoms. The minimum Gasteiger partial charge on any atom is -0.481 e. The van der Waals surface area contributed by atoms with E-state index in [1.165, 1.54) is 6.07 Å². The average Bonchev–Trinajstić information content (AvgIpc) is 3.48. The first-order valence-corrected chi connectivity index (χ1v) is 10.6. The molecule has 2 heterocycles. The molecule has 0 radical (unpaired) electrons. The molecule has 0 fully saturated rings. The molecular weight excluding hydrogens is 424 g/mol. The Morgan fingerprint density at radius 3 is 2.15 bits per heavy atom. The van der Waals surface area contributed by atoms with Crippen molar-refractivity contribution in [2.45, 2.75) is 46.1 Å². The molecule has 2 aromatic heterocycles. The second-order valence-electron chi connectivity index (χ2n) is 7.94. The van der Waals surface area contributed by atoms with Gasteiger partial charge in [-0.2, -0.15) is 9.97 Å². The maximum atomic E-state index is 11.2. The first kappa shape index (κ1) is 22.2. The van der Waals surface area contributed by atoms with E-state index < -0.39 is 12.1 Å². The van der Waals surface area contributed by atoms with Crippen molar-refractivity contribution in [2.75, 3.05) is 0 Å². The highest BCUT2D eigenvalue weighted by molar-refractivity contribution is 5.90. The molecule has 170 valence electrons. The van der Waals surface area contributed by atoms with Gasteiger partial charge in [-0.25, -0.2) is 4.79 Å². The largest absolute Gasteiger partial charge is 0.481 e. The molecule has 9 heteroatoms. The van der Waals surface area contributed by atoms with Crippen LogP contribution in [-0.4, -0.2) is 31.4 Å². The van der Waals surface area contributed by atoms with Gasteiger partial charge in [0.15, 0.2) is 6.10 Å². The van der Waals surface area contributed by atoms with Crippen molar-refractivity contribution in [1.82, 2.24) is 20.3 Å². The molecule has 4 aromatic rings. The van der Waals surface area contributed by atoms with Gasteiger partial charge in [0.1, 0.15) is 5.75 Å². The van der Waals surface area contributed by atoms with E-state index in [2.05, 4.69) is 20.3 Å². The number of carboxylic acid groups (broad SMARTS) is 1. The van der Waals surface area contributed by atoms with Gasteiger partial charge in [0, 0.05) is 17.0 Å². The lowest BCUT2D eigenvalue weighted by Crippen LogP contribution is -2.07. The molecule has 0 aliphatic heterocycles. The summed E-state index contributed by atoms with van der Waals surface area (Å²) < 4.78 is 16.8. The quantitative estimate of drug-likeness (QED) is 0.375. The number of aromatic nitrogens is 4. The summed E-state index contributed by atoms with van der Waals surface area (Å²) in [6, 6.07) is 12.3. The highest BCUT2D eigenvalue weighted by Crippen LogP contribution is 2.28. The summed E-state index contributed by atoms with van der Waals surface area (Å²) in [5.41, 5.74) is 2.36. The topological polar surface area (TPSA) is 124 Å². The molecule has 4 rings (SSSR count). The summed E-state index contributed by atoms with van der Waals surface area (Å²) in [5.74, 6) is 1.67. The van der Waals surface area contributed by atoms with Crippen molar-refractivity contribution in [3.8, 4) is 28.5 Å². The van der Waals surface area contributed by atoms with E-state index in [1.807, 2.05) is 45.0 Å². The SMILES string of the molecule is CCC(Oc1ccc(-c2noc(C(C)C)n2)cc1)c1nc(-c2ccc(C(=O)O)c(C)c2)no1. The second kappa shape index (κ2) is 9.23. The standard InChI is InChI=1S/C24H24N4O5/c1-5-19(23-26-21(28-33-23)16-8-11-18(24(29)30)14(4)12-16)31-17-9-6-15(7-10-17)20-25-22(13(2)3)32-27-20/h6-13,19H,5H2,1-4H3,(H,29,30). The van der Waals surface area contributed by atoms with Crippen LogP contribution in [0, 0.1) is 6.92 Å². The van der Waals surface area contributed by atoms with Gasteiger partial charge in [0.25, 0.3) is 5.89 Å². The molecule has 1 unspecified atom stereocenters. The lowest BCUT2D eigenvalue weighted by molar-refractivity contribution is 0.0696. The van der Waals surface area contributed by atoms with E-state index in [0.29, 0.717) is 46.7 Å². The second-order valence-corrected chi connectivity index (χ2v) is 7.94. The van der Waals surface area contributed by atoms with E-state index in [-0.39, 0.29) is 11.5 Å². The van der Waals surface area contributed by atoms with Crippen LogP contribution < -0.4 is 4.74 Å². The van der Waals surface area contributed by atoms with Crippen LogP contribution in [0.5, 0.6) is 5.75 Å². The van der Waals surface area contributed by atoms with Gasteiger partial charge in [0.2, 0.25) is 17.5 Å². The Kier molecular flexibility index (Phi) is 6.21. The number of aryl methyl sites for hydroxylation is 1. The molecule has 0 saturated heterocycles. The van der Waals surface area contributed by atoms with E-state index in [4.69, 9.17) is 13.8 Å². The lowest BCUT2D eigenvalue weighted by atomic mass is 10.0. The van der Waals surface area contributed by atoms with Crippen LogP contribution in [0.15, 0.2) is 51.5 Å². The Bertz CT molecular complexity index is 1260. The molecule has 1 N–H and O–H groups in total. The first-order chi connectivity index (χ1) is 15.9. The number of ether oxygens (including phenoxy) is 1. The highest BCUT2D eigenvalue weighted by atomic mass is 16.5. The van der Waals surface area contributed by atoms with Crippen molar-refractivity contribution in [3.63, 3.8) is 0 Å². The molecule has 2 aromatic carbocycles. The minimum absolute atomic E-state index is 0.164. The minimum atomic E-state index is -0.974. The molecule has 1 atom stereocenters. The molecule has 0 amide bonds.